The molecule has 3 rings (SSSR count). The third-order valence-corrected chi connectivity index (χ3v) is 4.01. The van der Waals surface area contributed by atoms with Crippen LogP contribution in [0.4, 0.5) is 0 Å². The van der Waals surface area contributed by atoms with Crippen LogP contribution in [0.2, 0.25) is 0 Å². The number of rotatable bonds is 2. The molecule has 1 aliphatic heterocycles. The largest absolute Gasteiger partial charge is 0.325 e. The second kappa shape index (κ2) is 4.45. The lowest BCUT2D eigenvalue weighted by Crippen LogP contribution is -2.36. The van der Waals surface area contributed by atoms with Gasteiger partial charge in [-0.05, 0) is 19.4 Å². The Hall–Kier alpha value is -2.14. The van der Waals surface area contributed by atoms with Crippen molar-refractivity contribution in [2.45, 2.75) is 32.5 Å². The average Bonchev–Trinajstić information content (AvgIpc) is 2.64. The van der Waals surface area contributed by atoms with Gasteiger partial charge in [0.05, 0.1) is 11.1 Å². The van der Waals surface area contributed by atoms with Gasteiger partial charge in [0.15, 0.2) is 0 Å². The first kappa shape index (κ1) is 12.9. The number of aromatic amines is 2. The molecule has 20 heavy (non-hydrogen) atoms. The van der Waals surface area contributed by atoms with Crippen LogP contribution < -0.4 is 11.2 Å². The molecule has 0 amide bonds. The molecule has 2 N–H and O–H groups in total. The van der Waals surface area contributed by atoms with Crippen molar-refractivity contribution in [3.05, 3.63) is 68.0 Å². The molecule has 0 radical (unpaired) electrons. The van der Waals surface area contributed by atoms with Gasteiger partial charge in [-0.15, -0.1) is 0 Å². The number of H-pyrrole nitrogens is 2. The number of fused-ring (bicyclic) bond motifs is 1. The predicted octanol–water partition coefficient (Wildman–Crippen LogP) is 1.31. The van der Waals surface area contributed by atoms with Gasteiger partial charge in [0, 0.05) is 18.8 Å². The SMILES string of the molecule is CC1(C)c2[nH]c(=O)[nH]c(=O)c2CN1Cc1ccccc1. The summed E-state index contributed by atoms with van der Waals surface area (Å²) in [5.41, 5.74) is 1.48. The zero-order valence-corrected chi connectivity index (χ0v) is 11.6. The van der Waals surface area contributed by atoms with Gasteiger partial charge < -0.3 is 4.98 Å². The molecule has 0 fully saturated rings. The fraction of sp³-hybridized carbons (Fsp3) is 0.333. The number of hydrogen-bond acceptors (Lipinski definition) is 3. The Bertz CT molecular complexity index is 744. The second-order valence-electron chi connectivity index (χ2n) is 5.66. The number of hydrogen-bond donors (Lipinski definition) is 2. The van der Waals surface area contributed by atoms with Gasteiger partial charge in [0.2, 0.25) is 0 Å². The van der Waals surface area contributed by atoms with Crippen molar-refractivity contribution in [2.75, 3.05) is 0 Å². The molecule has 0 bridgehead atoms. The summed E-state index contributed by atoms with van der Waals surface area (Å²) in [5.74, 6) is 0. The first-order valence-electron chi connectivity index (χ1n) is 6.63. The number of nitrogens with one attached hydrogen (secondary N) is 2. The maximum atomic E-state index is 11.9. The van der Waals surface area contributed by atoms with Crippen molar-refractivity contribution in [1.82, 2.24) is 14.9 Å². The van der Waals surface area contributed by atoms with Gasteiger partial charge in [0.25, 0.3) is 5.56 Å². The first-order valence-corrected chi connectivity index (χ1v) is 6.63. The average molecular weight is 271 g/mol. The lowest BCUT2D eigenvalue weighted by atomic mass is 10.00. The zero-order valence-electron chi connectivity index (χ0n) is 11.6. The van der Waals surface area contributed by atoms with E-state index >= 15 is 0 Å². The third-order valence-electron chi connectivity index (χ3n) is 4.01. The Morgan fingerprint density at radius 2 is 1.85 bits per heavy atom. The summed E-state index contributed by atoms with van der Waals surface area (Å²) in [5, 5.41) is 0. The van der Waals surface area contributed by atoms with Gasteiger partial charge in [-0.1, -0.05) is 30.3 Å². The summed E-state index contributed by atoms with van der Waals surface area (Å²) in [6.45, 7) is 5.33. The number of nitrogens with zero attached hydrogens (tertiary/aromatic N) is 1. The summed E-state index contributed by atoms with van der Waals surface area (Å²) in [4.78, 5) is 30.7. The van der Waals surface area contributed by atoms with E-state index in [9.17, 15) is 9.59 Å². The van der Waals surface area contributed by atoms with Crippen molar-refractivity contribution in [3.63, 3.8) is 0 Å². The van der Waals surface area contributed by atoms with Crippen molar-refractivity contribution in [2.24, 2.45) is 0 Å². The molecule has 0 aliphatic carbocycles. The highest BCUT2D eigenvalue weighted by atomic mass is 16.2. The predicted molar refractivity (Wildman–Crippen MR) is 76.4 cm³/mol. The number of benzene rings is 1. The Morgan fingerprint density at radius 1 is 1.15 bits per heavy atom. The van der Waals surface area contributed by atoms with Crippen molar-refractivity contribution in [3.8, 4) is 0 Å². The third kappa shape index (κ3) is 2.00. The summed E-state index contributed by atoms with van der Waals surface area (Å²) >= 11 is 0. The lowest BCUT2D eigenvalue weighted by molar-refractivity contribution is 0.125. The summed E-state index contributed by atoms with van der Waals surface area (Å²) < 4.78 is 0. The highest BCUT2D eigenvalue weighted by molar-refractivity contribution is 5.29. The maximum Gasteiger partial charge on any atom is 0.325 e. The van der Waals surface area contributed by atoms with Crippen LogP contribution in [-0.4, -0.2) is 14.9 Å². The standard InChI is InChI=1S/C15H17N3O2/c1-15(2)12-11(13(19)17-14(20)16-12)9-18(15)8-10-6-4-3-5-7-10/h3-7H,8-9H2,1-2H3,(H2,16,17,19,20). The summed E-state index contributed by atoms with van der Waals surface area (Å²) in [6, 6.07) is 10.1. The minimum absolute atomic E-state index is 0.285. The molecule has 0 saturated carbocycles. The second-order valence-corrected chi connectivity index (χ2v) is 5.66. The molecule has 5 nitrogen and oxygen atoms in total. The van der Waals surface area contributed by atoms with Crippen LogP contribution >= 0.6 is 0 Å². The van der Waals surface area contributed by atoms with E-state index < -0.39 is 5.69 Å². The fourth-order valence-electron chi connectivity index (χ4n) is 2.79. The molecule has 104 valence electrons. The van der Waals surface area contributed by atoms with Crippen LogP contribution in [0.3, 0.4) is 0 Å². The van der Waals surface area contributed by atoms with E-state index in [1.807, 2.05) is 32.0 Å². The van der Waals surface area contributed by atoms with Gasteiger partial charge in [-0.25, -0.2) is 4.79 Å². The van der Waals surface area contributed by atoms with Crippen molar-refractivity contribution in [1.29, 1.82) is 0 Å². The Kier molecular flexibility index (Phi) is 2.87. The van der Waals surface area contributed by atoms with Crippen LogP contribution in [0, 0.1) is 0 Å². The summed E-state index contributed by atoms with van der Waals surface area (Å²) in [7, 11) is 0. The van der Waals surface area contributed by atoms with Crippen LogP contribution in [0.1, 0.15) is 30.7 Å². The minimum atomic E-state index is -0.441. The molecule has 5 heteroatoms. The Balaban J connectivity index is 2.00. The molecule has 1 aromatic carbocycles. The molecule has 0 unspecified atom stereocenters. The molecule has 0 atom stereocenters. The van der Waals surface area contributed by atoms with Gasteiger partial charge in [-0.2, -0.15) is 0 Å². The molecular weight excluding hydrogens is 254 g/mol. The van der Waals surface area contributed by atoms with E-state index in [1.54, 1.807) is 0 Å². The monoisotopic (exact) mass is 271 g/mol. The van der Waals surface area contributed by atoms with E-state index in [0.29, 0.717) is 12.1 Å². The molecule has 2 aromatic rings. The lowest BCUT2D eigenvalue weighted by Gasteiger charge is -2.31. The molecule has 2 heterocycles. The van der Waals surface area contributed by atoms with Crippen LogP contribution in [0.5, 0.6) is 0 Å². The smallest absolute Gasteiger partial charge is 0.309 e. The fourth-order valence-corrected chi connectivity index (χ4v) is 2.79. The molecule has 0 saturated heterocycles. The normalized spacial score (nSPS) is 17.1. The van der Waals surface area contributed by atoms with Crippen molar-refractivity contribution >= 4 is 0 Å². The van der Waals surface area contributed by atoms with E-state index in [-0.39, 0.29) is 11.1 Å². The maximum absolute atomic E-state index is 11.9. The molecule has 1 aliphatic rings. The minimum Gasteiger partial charge on any atom is -0.309 e. The Labute approximate surface area is 116 Å². The van der Waals surface area contributed by atoms with E-state index in [4.69, 9.17) is 0 Å². The quantitative estimate of drug-likeness (QED) is 0.865. The van der Waals surface area contributed by atoms with Gasteiger partial charge in [0.1, 0.15) is 0 Å². The van der Waals surface area contributed by atoms with Gasteiger partial charge >= 0.3 is 5.69 Å². The van der Waals surface area contributed by atoms with Crippen LogP contribution in [0.15, 0.2) is 39.9 Å². The van der Waals surface area contributed by atoms with E-state index in [2.05, 4.69) is 27.0 Å². The summed E-state index contributed by atoms with van der Waals surface area (Å²) in [6.07, 6.45) is 0. The van der Waals surface area contributed by atoms with Crippen molar-refractivity contribution < 1.29 is 0 Å². The number of aromatic nitrogens is 2. The highest BCUT2D eigenvalue weighted by Gasteiger charge is 2.39. The zero-order chi connectivity index (χ0) is 14.3. The molecule has 0 spiro atoms. The molecular formula is C15H17N3O2. The van der Waals surface area contributed by atoms with E-state index in [0.717, 1.165) is 12.2 Å². The topological polar surface area (TPSA) is 69.0 Å². The molecule has 1 aromatic heterocycles. The van der Waals surface area contributed by atoms with E-state index in [1.165, 1.54) is 5.56 Å². The van der Waals surface area contributed by atoms with Crippen LogP contribution in [-0.2, 0) is 18.6 Å². The van der Waals surface area contributed by atoms with Crippen LogP contribution in [0.25, 0.3) is 0 Å². The first-order chi connectivity index (χ1) is 9.48. The highest BCUT2D eigenvalue weighted by Crippen LogP contribution is 2.36. The Morgan fingerprint density at radius 3 is 2.55 bits per heavy atom. The van der Waals surface area contributed by atoms with Gasteiger partial charge in [-0.3, -0.25) is 14.7 Å².